The molecule has 0 aromatic heterocycles. The number of nitrogens with zero attached hydrogens (tertiary/aromatic N) is 2. The highest BCUT2D eigenvalue weighted by Gasteiger charge is 2.21. The number of nitro benzene ring substituents is 1. The zero-order chi connectivity index (χ0) is 14.7. The van der Waals surface area contributed by atoms with Crippen LogP contribution in [0.3, 0.4) is 0 Å². The molecule has 0 spiro atoms. The van der Waals surface area contributed by atoms with Crippen molar-refractivity contribution in [2.45, 2.75) is 19.3 Å². The molecule has 1 unspecified atom stereocenters. The molecule has 2 rings (SSSR count). The second kappa shape index (κ2) is 5.64. The summed E-state index contributed by atoms with van der Waals surface area (Å²) in [5.41, 5.74) is 1.86. The number of allylic oxidation sites excluding steroid dienone is 1. The highest BCUT2D eigenvalue weighted by atomic mass is 16.6. The SMILES string of the molecule is COC(=O)C1=CC(c2cccc([N+](=O)[O-])c2)CC(C)=N1. The molecule has 104 valence electrons. The van der Waals surface area contributed by atoms with E-state index in [1.807, 2.05) is 13.0 Å². The molecule has 0 fully saturated rings. The van der Waals surface area contributed by atoms with Gasteiger partial charge >= 0.3 is 5.97 Å². The Kier molecular flexibility index (Phi) is 3.93. The van der Waals surface area contributed by atoms with Crippen molar-refractivity contribution in [2.75, 3.05) is 7.11 Å². The van der Waals surface area contributed by atoms with Gasteiger partial charge in [-0.1, -0.05) is 12.1 Å². The molecule has 0 bridgehead atoms. The fraction of sp³-hybridized carbons (Fsp3) is 0.286. The number of non-ortho nitro benzene ring substituents is 1. The maximum atomic E-state index is 11.6. The summed E-state index contributed by atoms with van der Waals surface area (Å²) in [6.45, 7) is 1.82. The molecular formula is C14H14N2O4. The van der Waals surface area contributed by atoms with Gasteiger partial charge < -0.3 is 4.74 Å². The van der Waals surface area contributed by atoms with Crippen molar-refractivity contribution in [3.8, 4) is 0 Å². The highest BCUT2D eigenvalue weighted by Crippen LogP contribution is 2.29. The Balaban J connectivity index is 2.36. The normalized spacial score (nSPS) is 18.0. The zero-order valence-electron chi connectivity index (χ0n) is 11.2. The van der Waals surface area contributed by atoms with Crippen LogP contribution in [0.5, 0.6) is 0 Å². The summed E-state index contributed by atoms with van der Waals surface area (Å²) < 4.78 is 4.66. The van der Waals surface area contributed by atoms with Gasteiger partial charge in [-0.25, -0.2) is 4.79 Å². The van der Waals surface area contributed by atoms with Crippen LogP contribution in [0, 0.1) is 10.1 Å². The molecule has 0 saturated heterocycles. The van der Waals surface area contributed by atoms with Gasteiger partial charge in [0.1, 0.15) is 5.70 Å². The number of hydrogen-bond acceptors (Lipinski definition) is 5. The molecule has 0 aliphatic carbocycles. The maximum absolute atomic E-state index is 11.6. The van der Waals surface area contributed by atoms with E-state index in [0.29, 0.717) is 6.42 Å². The highest BCUT2D eigenvalue weighted by molar-refractivity contribution is 5.95. The van der Waals surface area contributed by atoms with Crippen LogP contribution >= 0.6 is 0 Å². The molecule has 0 saturated carbocycles. The van der Waals surface area contributed by atoms with Gasteiger partial charge in [-0.05, 0) is 25.0 Å². The van der Waals surface area contributed by atoms with E-state index < -0.39 is 10.9 Å². The lowest BCUT2D eigenvalue weighted by Crippen LogP contribution is -2.14. The second-order valence-electron chi connectivity index (χ2n) is 4.55. The zero-order valence-corrected chi connectivity index (χ0v) is 11.2. The van der Waals surface area contributed by atoms with Crippen LogP contribution in [0.4, 0.5) is 5.69 Å². The van der Waals surface area contributed by atoms with Crippen molar-refractivity contribution in [3.05, 3.63) is 51.7 Å². The summed E-state index contributed by atoms with van der Waals surface area (Å²) in [6, 6.07) is 6.41. The predicted molar refractivity (Wildman–Crippen MR) is 73.7 cm³/mol. The number of methoxy groups -OCH3 is 1. The van der Waals surface area contributed by atoms with E-state index >= 15 is 0 Å². The van der Waals surface area contributed by atoms with Gasteiger partial charge in [0.05, 0.1) is 12.0 Å². The van der Waals surface area contributed by atoms with E-state index in [-0.39, 0.29) is 17.3 Å². The fourth-order valence-electron chi connectivity index (χ4n) is 2.16. The Morgan fingerprint density at radius 1 is 1.50 bits per heavy atom. The summed E-state index contributed by atoms with van der Waals surface area (Å²) >= 11 is 0. The molecule has 6 nitrogen and oxygen atoms in total. The molecular weight excluding hydrogens is 260 g/mol. The molecule has 1 aromatic rings. The third-order valence-electron chi connectivity index (χ3n) is 3.09. The first kappa shape index (κ1) is 13.9. The first-order chi connectivity index (χ1) is 9.51. The Bertz CT molecular complexity index is 619. The fourth-order valence-corrected chi connectivity index (χ4v) is 2.16. The molecule has 1 heterocycles. The van der Waals surface area contributed by atoms with Gasteiger partial charge in [0.2, 0.25) is 0 Å². The summed E-state index contributed by atoms with van der Waals surface area (Å²) in [7, 11) is 1.30. The van der Waals surface area contributed by atoms with Gasteiger partial charge in [-0.3, -0.25) is 15.1 Å². The van der Waals surface area contributed by atoms with E-state index in [1.54, 1.807) is 12.1 Å². The third kappa shape index (κ3) is 2.90. The summed E-state index contributed by atoms with van der Waals surface area (Å²) in [5, 5.41) is 10.8. The van der Waals surface area contributed by atoms with Crippen molar-refractivity contribution in [1.29, 1.82) is 0 Å². The lowest BCUT2D eigenvalue weighted by Gasteiger charge is -2.18. The van der Waals surface area contributed by atoms with Crippen LogP contribution < -0.4 is 0 Å². The monoisotopic (exact) mass is 274 g/mol. The van der Waals surface area contributed by atoms with E-state index in [0.717, 1.165) is 11.3 Å². The predicted octanol–water partition coefficient (Wildman–Crippen LogP) is 2.60. The number of esters is 1. The summed E-state index contributed by atoms with van der Waals surface area (Å²) in [6.07, 6.45) is 2.32. The molecule has 1 atom stereocenters. The number of carbonyl (C=O) groups excluding carboxylic acids is 1. The molecule has 1 aliphatic heterocycles. The lowest BCUT2D eigenvalue weighted by molar-refractivity contribution is -0.384. The van der Waals surface area contributed by atoms with Gasteiger partial charge in [-0.2, -0.15) is 0 Å². The average molecular weight is 274 g/mol. The van der Waals surface area contributed by atoms with Crippen molar-refractivity contribution in [1.82, 2.24) is 0 Å². The number of nitro groups is 1. The van der Waals surface area contributed by atoms with Gasteiger partial charge in [0.25, 0.3) is 5.69 Å². The molecule has 1 aliphatic rings. The van der Waals surface area contributed by atoms with Crippen LogP contribution in [0.25, 0.3) is 0 Å². The summed E-state index contributed by atoms with van der Waals surface area (Å²) in [4.78, 5) is 26.1. The van der Waals surface area contributed by atoms with Crippen LogP contribution in [-0.2, 0) is 9.53 Å². The number of carbonyl (C=O) groups is 1. The first-order valence-electron chi connectivity index (χ1n) is 6.10. The van der Waals surface area contributed by atoms with Crippen LogP contribution in [0.1, 0.15) is 24.8 Å². The van der Waals surface area contributed by atoms with Crippen LogP contribution in [0.2, 0.25) is 0 Å². The van der Waals surface area contributed by atoms with E-state index in [4.69, 9.17) is 0 Å². The van der Waals surface area contributed by atoms with E-state index in [1.165, 1.54) is 19.2 Å². The topological polar surface area (TPSA) is 81.8 Å². The smallest absolute Gasteiger partial charge is 0.356 e. The van der Waals surface area contributed by atoms with Crippen LogP contribution in [-0.4, -0.2) is 23.7 Å². The minimum Gasteiger partial charge on any atom is -0.464 e. The second-order valence-corrected chi connectivity index (χ2v) is 4.55. The molecule has 20 heavy (non-hydrogen) atoms. The maximum Gasteiger partial charge on any atom is 0.356 e. The van der Waals surface area contributed by atoms with Crippen molar-refractivity contribution >= 4 is 17.4 Å². The Labute approximate surface area is 115 Å². The summed E-state index contributed by atoms with van der Waals surface area (Å²) in [5.74, 6) is -0.610. The van der Waals surface area contributed by atoms with Crippen molar-refractivity contribution < 1.29 is 14.5 Å². The molecule has 1 aromatic carbocycles. The number of aliphatic imine (C=N–C) groups is 1. The van der Waals surface area contributed by atoms with Crippen molar-refractivity contribution in [3.63, 3.8) is 0 Å². The van der Waals surface area contributed by atoms with Crippen LogP contribution in [0.15, 0.2) is 41.0 Å². The van der Waals surface area contributed by atoms with Gasteiger partial charge in [-0.15, -0.1) is 0 Å². The average Bonchev–Trinajstić information content (AvgIpc) is 2.45. The Morgan fingerprint density at radius 2 is 2.25 bits per heavy atom. The third-order valence-corrected chi connectivity index (χ3v) is 3.09. The molecule has 0 radical (unpaired) electrons. The number of rotatable bonds is 3. The molecule has 0 amide bonds. The van der Waals surface area contributed by atoms with E-state index in [9.17, 15) is 14.9 Å². The number of ether oxygens (including phenoxy) is 1. The standard InChI is InChI=1S/C14H14N2O4/c1-9-6-11(8-13(15-9)14(17)20-2)10-4-3-5-12(7-10)16(18)19/h3-5,7-8,11H,6H2,1-2H3. The largest absolute Gasteiger partial charge is 0.464 e. The minimum atomic E-state index is -0.500. The number of hydrogen-bond donors (Lipinski definition) is 0. The lowest BCUT2D eigenvalue weighted by atomic mass is 9.90. The van der Waals surface area contributed by atoms with Crippen molar-refractivity contribution in [2.24, 2.45) is 4.99 Å². The Hall–Kier alpha value is -2.50. The first-order valence-corrected chi connectivity index (χ1v) is 6.10. The quantitative estimate of drug-likeness (QED) is 0.482. The minimum absolute atomic E-state index is 0.0377. The van der Waals surface area contributed by atoms with Gasteiger partial charge in [0, 0.05) is 23.8 Å². The Morgan fingerprint density at radius 3 is 2.90 bits per heavy atom. The number of benzene rings is 1. The van der Waals surface area contributed by atoms with Gasteiger partial charge in [0.15, 0.2) is 0 Å². The van der Waals surface area contributed by atoms with E-state index in [2.05, 4.69) is 9.73 Å². The molecule has 0 N–H and O–H groups in total. The molecule has 6 heteroatoms.